The van der Waals surface area contributed by atoms with Crippen LogP contribution in [0.25, 0.3) is 0 Å². The van der Waals surface area contributed by atoms with Crippen molar-refractivity contribution in [2.75, 3.05) is 0 Å². The summed E-state index contributed by atoms with van der Waals surface area (Å²) in [5, 5.41) is 3.58. The van der Waals surface area contributed by atoms with Crippen molar-refractivity contribution in [2.45, 2.75) is 46.2 Å². The lowest BCUT2D eigenvalue weighted by atomic mass is 10.1. The summed E-state index contributed by atoms with van der Waals surface area (Å²) >= 11 is 0. The lowest BCUT2D eigenvalue weighted by molar-refractivity contribution is 0.459. The molecule has 0 saturated heterocycles. The third kappa shape index (κ3) is 4.25. The van der Waals surface area contributed by atoms with Crippen LogP contribution in [-0.2, 0) is 13.0 Å². The van der Waals surface area contributed by atoms with Crippen molar-refractivity contribution in [1.82, 2.24) is 5.32 Å². The molecule has 2 rings (SSSR count). The second-order valence-corrected chi connectivity index (χ2v) is 5.33. The van der Waals surface area contributed by atoms with Crippen LogP contribution in [0.3, 0.4) is 0 Å². The number of furan rings is 1. The average molecular weight is 257 g/mol. The van der Waals surface area contributed by atoms with Gasteiger partial charge < -0.3 is 9.73 Å². The predicted octanol–water partition coefficient (Wildman–Crippen LogP) is 4.01. The Morgan fingerprint density at radius 1 is 1.21 bits per heavy atom. The Balaban J connectivity index is 1.78. The summed E-state index contributed by atoms with van der Waals surface area (Å²) in [5.74, 6) is 1.07. The van der Waals surface area contributed by atoms with Crippen LogP contribution < -0.4 is 5.32 Å². The smallest absolute Gasteiger partial charge is 0.103 e. The number of nitrogens with one attached hydrogen (secondary N) is 1. The van der Waals surface area contributed by atoms with Crippen LogP contribution in [0.1, 0.15) is 35.8 Å². The molecule has 2 aromatic rings. The van der Waals surface area contributed by atoms with Gasteiger partial charge in [0.05, 0.1) is 6.26 Å². The Kier molecular flexibility index (Phi) is 4.80. The van der Waals surface area contributed by atoms with E-state index >= 15 is 0 Å². The Hall–Kier alpha value is -1.54. The summed E-state index contributed by atoms with van der Waals surface area (Å²) in [6.45, 7) is 7.48. The van der Waals surface area contributed by atoms with Gasteiger partial charge in [-0.05, 0) is 50.5 Å². The average Bonchev–Trinajstić information content (AvgIpc) is 2.88. The molecule has 1 atom stereocenters. The van der Waals surface area contributed by atoms with Gasteiger partial charge in [0.1, 0.15) is 5.76 Å². The molecule has 0 spiro atoms. The molecular weight excluding hydrogens is 234 g/mol. The van der Waals surface area contributed by atoms with Crippen LogP contribution in [0.4, 0.5) is 0 Å². The summed E-state index contributed by atoms with van der Waals surface area (Å²) in [7, 11) is 0. The van der Waals surface area contributed by atoms with Gasteiger partial charge in [-0.25, -0.2) is 0 Å². The minimum atomic E-state index is 0.491. The van der Waals surface area contributed by atoms with E-state index in [-0.39, 0.29) is 0 Å². The highest BCUT2D eigenvalue weighted by atomic mass is 16.3. The van der Waals surface area contributed by atoms with E-state index in [9.17, 15) is 0 Å². The fraction of sp³-hybridized carbons (Fsp3) is 0.412. The molecule has 0 bridgehead atoms. The molecule has 0 fully saturated rings. The van der Waals surface area contributed by atoms with Crippen LogP contribution in [-0.4, -0.2) is 6.04 Å². The maximum Gasteiger partial charge on any atom is 0.103 e. The van der Waals surface area contributed by atoms with Gasteiger partial charge in [0, 0.05) is 19.0 Å². The first-order chi connectivity index (χ1) is 9.15. The zero-order valence-corrected chi connectivity index (χ0v) is 12.1. The Morgan fingerprint density at radius 3 is 2.74 bits per heavy atom. The molecule has 1 aromatic heterocycles. The summed E-state index contributed by atoms with van der Waals surface area (Å²) in [4.78, 5) is 0. The van der Waals surface area contributed by atoms with Gasteiger partial charge in [0.15, 0.2) is 0 Å². The van der Waals surface area contributed by atoms with Crippen LogP contribution >= 0.6 is 0 Å². The largest absolute Gasteiger partial charge is 0.469 e. The molecule has 0 saturated carbocycles. The van der Waals surface area contributed by atoms with E-state index in [0.717, 1.165) is 25.1 Å². The normalized spacial score (nSPS) is 12.6. The molecule has 0 amide bonds. The summed E-state index contributed by atoms with van der Waals surface area (Å²) in [6.07, 6.45) is 3.83. The highest BCUT2D eigenvalue weighted by molar-refractivity contribution is 5.30. The van der Waals surface area contributed by atoms with Gasteiger partial charge in [0.25, 0.3) is 0 Å². The van der Waals surface area contributed by atoms with Crippen LogP contribution in [0, 0.1) is 13.8 Å². The number of hydrogen-bond donors (Lipinski definition) is 1. The quantitative estimate of drug-likeness (QED) is 0.846. The summed E-state index contributed by atoms with van der Waals surface area (Å²) in [6, 6.07) is 11.1. The van der Waals surface area contributed by atoms with Gasteiger partial charge >= 0.3 is 0 Å². The number of rotatable bonds is 6. The van der Waals surface area contributed by atoms with Crippen molar-refractivity contribution < 1.29 is 4.42 Å². The third-order valence-corrected chi connectivity index (χ3v) is 3.54. The predicted molar refractivity (Wildman–Crippen MR) is 79.2 cm³/mol. The molecule has 1 N–H and O–H groups in total. The molecule has 0 radical (unpaired) electrons. The minimum absolute atomic E-state index is 0.491. The van der Waals surface area contributed by atoms with Crippen molar-refractivity contribution in [2.24, 2.45) is 0 Å². The van der Waals surface area contributed by atoms with E-state index in [1.165, 1.54) is 16.7 Å². The van der Waals surface area contributed by atoms with E-state index in [1.807, 2.05) is 12.1 Å². The van der Waals surface area contributed by atoms with Crippen LogP contribution in [0.5, 0.6) is 0 Å². The zero-order valence-electron chi connectivity index (χ0n) is 12.1. The highest BCUT2D eigenvalue weighted by Gasteiger charge is 2.05. The first kappa shape index (κ1) is 13.9. The first-order valence-electron chi connectivity index (χ1n) is 6.97. The zero-order chi connectivity index (χ0) is 13.7. The van der Waals surface area contributed by atoms with Gasteiger partial charge in [-0.15, -0.1) is 0 Å². The van der Waals surface area contributed by atoms with E-state index in [2.05, 4.69) is 44.3 Å². The van der Waals surface area contributed by atoms with Crippen molar-refractivity contribution in [3.05, 3.63) is 59.0 Å². The van der Waals surface area contributed by atoms with E-state index < -0.39 is 0 Å². The minimum Gasteiger partial charge on any atom is -0.469 e. The molecule has 2 heteroatoms. The topological polar surface area (TPSA) is 25.2 Å². The first-order valence-corrected chi connectivity index (χ1v) is 6.97. The van der Waals surface area contributed by atoms with Crippen molar-refractivity contribution in [1.29, 1.82) is 0 Å². The molecule has 0 aliphatic carbocycles. The van der Waals surface area contributed by atoms with Gasteiger partial charge in [-0.3, -0.25) is 0 Å². The van der Waals surface area contributed by atoms with Crippen molar-refractivity contribution >= 4 is 0 Å². The van der Waals surface area contributed by atoms with Gasteiger partial charge in [-0.2, -0.15) is 0 Å². The summed E-state index contributed by atoms with van der Waals surface area (Å²) in [5.41, 5.74) is 4.08. The molecule has 19 heavy (non-hydrogen) atoms. The molecule has 0 aliphatic heterocycles. The molecule has 1 unspecified atom stereocenters. The Morgan fingerprint density at radius 2 is 2.05 bits per heavy atom. The maximum atomic E-state index is 5.35. The summed E-state index contributed by atoms with van der Waals surface area (Å²) < 4.78 is 5.35. The highest BCUT2D eigenvalue weighted by Crippen LogP contribution is 2.11. The number of aryl methyl sites for hydroxylation is 3. The van der Waals surface area contributed by atoms with Gasteiger partial charge in [-0.1, -0.05) is 23.8 Å². The molecule has 1 aromatic carbocycles. The third-order valence-electron chi connectivity index (χ3n) is 3.54. The van der Waals surface area contributed by atoms with Crippen molar-refractivity contribution in [3.63, 3.8) is 0 Å². The Labute approximate surface area is 115 Å². The van der Waals surface area contributed by atoms with Gasteiger partial charge in [0.2, 0.25) is 0 Å². The van der Waals surface area contributed by atoms with Crippen LogP contribution in [0.2, 0.25) is 0 Å². The second-order valence-electron chi connectivity index (χ2n) is 5.33. The van der Waals surface area contributed by atoms with E-state index in [1.54, 1.807) is 6.26 Å². The molecule has 1 heterocycles. The van der Waals surface area contributed by atoms with E-state index in [4.69, 9.17) is 4.42 Å². The number of benzene rings is 1. The fourth-order valence-corrected chi connectivity index (χ4v) is 2.24. The molecular formula is C17H23NO. The molecule has 2 nitrogen and oxygen atoms in total. The van der Waals surface area contributed by atoms with E-state index in [0.29, 0.717) is 6.04 Å². The standard InChI is InChI=1S/C17H23NO/c1-13-6-8-16(14(2)11-13)12-18-15(3)7-9-17-5-4-10-19-17/h4-6,8,10-11,15,18H,7,9,12H2,1-3H3. The maximum absolute atomic E-state index is 5.35. The number of hydrogen-bond acceptors (Lipinski definition) is 2. The SMILES string of the molecule is Cc1ccc(CNC(C)CCc2ccco2)c(C)c1. The Bertz CT molecular complexity index is 502. The van der Waals surface area contributed by atoms with Crippen molar-refractivity contribution in [3.8, 4) is 0 Å². The lowest BCUT2D eigenvalue weighted by Gasteiger charge is -2.14. The monoisotopic (exact) mass is 257 g/mol. The fourth-order valence-electron chi connectivity index (χ4n) is 2.24. The molecule has 0 aliphatic rings. The lowest BCUT2D eigenvalue weighted by Crippen LogP contribution is -2.26. The second kappa shape index (κ2) is 6.58. The van der Waals surface area contributed by atoms with Crippen LogP contribution in [0.15, 0.2) is 41.0 Å². The molecule has 102 valence electrons.